The quantitative estimate of drug-likeness (QED) is 0.300. The molecule has 1 aliphatic heterocycles. The summed E-state index contributed by atoms with van der Waals surface area (Å²) in [4.78, 5) is 34.0. The van der Waals surface area contributed by atoms with Gasteiger partial charge in [-0.1, -0.05) is 0 Å². The van der Waals surface area contributed by atoms with Crippen molar-refractivity contribution in [3.8, 4) is 0 Å². The highest BCUT2D eigenvalue weighted by Crippen LogP contribution is 2.30. The standard InChI is InChI=1S/C14H22O11S/c1-7(15)21-6-10-11(25-26(5,18)19)12(22-8(2)16)13(23-9(3)17)14(20-4)24-10/h10-14H,6H2,1-5H3. The van der Waals surface area contributed by atoms with E-state index < -0.39 is 65.3 Å². The molecule has 5 unspecified atom stereocenters. The smallest absolute Gasteiger partial charge is 0.303 e. The van der Waals surface area contributed by atoms with Crippen molar-refractivity contribution >= 4 is 28.0 Å². The van der Waals surface area contributed by atoms with Crippen molar-refractivity contribution in [3.63, 3.8) is 0 Å². The Labute approximate surface area is 150 Å². The minimum absolute atomic E-state index is 0.403. The molecule has 0 aromatic heterocycles. The predicted molar refractivity (Wildman–Crippen MR) is 83.1 cm³/mol. The highest BCUT2D eigenvalue weighted by atomic mass is 32.2. The second-order valence-corrected chi connectivity index (χ2v) is 7.09. The summed E-state index contributed by atoms with van der Waals surface area (Å²) in [6.07, 6.45) is -5.74. The third-order valence-electron chi connectivity index (χ3n) is 3.16. The van der Waals surface area contributed by atoms with Gasteiger partial charge in [0, 0.05) is 27.9 Å². The van der Waals surface area contributed by atoms with Crippen LogP contribution in [0.4, 0.5) is 0 Å². The number of rotatable bonds is 7. The Kier molecular flexibility index (Phi) is 7.93. The van der Waals surface area contributed by atoms with Crippen molar-refractivity contribution in [1.82, 2.24) is 0 Å². The Morgan fingerprint density at radius 2 is 1.46 bits per heavy atom. The fourth-order valence-electron chi connectivity index (χ4n) is 2.36. The van der Waals surface area contributed by atoms with Crippen LogP contribution in [0.1, 0.15) is 20.8 Å². The second kappa shape index (κ2) is 9.26. The van der Waals surface area contributed by atoms with Gasteiger partial charge in [-0.25, -0.2) is 0 Å². The topological polar surface area (TPSA) is 141 Å². The van der Waals surface area contributed by atoms with Crippen LogP contribution in [0.5, 0.6) is 0 Å². The molecule has 0 aromatic carbocycles. The molecular weight excluding hydrogens is 376 g/mol. The van der Waals surface area contributed by atoms with Gasteiger partial charge in [-0.3, -0.25) is 18.6 Å². The molecule has 1 rings (SSSR count). The van der Waals surface area contributed by atoms with Crippen molar-refractivity contribution in [1.29, 1.82) is 0 Å². The number of ether oxygens (including phenoxy) is 5. The Morgan fingerprint density at radius 1 is 0.923 bits per heavy atom. The highest BCUT2D eigenvalue weighted by molar-refractivity contribution is 7.86. The lowest BCUT2D eigenvalue weighted by Gasteiger charge is -2.43. The summed E-state index contributed by atoms with van der Waals surface area (Å²) in [6.45, 7) is 2.93. The average molecular weight is 398 g/mol. The van der Waals surface area contributed by atoms with Crippen LogP contribution in [-0.4, -0.2) is 77.0 Å². The molecular formula is C14H22O11S. The van der Waals surface area contributed by atoms with Gasteiger partial charge in [0.1, 0.15) is 18.8 Å². The summed E-state index contributed by atoms with van der Waals surface area (Å²) in [6, 6.07) is 0. The first kappa shape index (κ1) is 22.3. The number of carbonyl (C=O) groups excluding carboxylic acids is 3. The molecule has 1 fully saturated rings. The van der Waals surface area contributed by atoms with Gasteiger partial charge in [-0.2, -0.15) is 8.42 Å². The summed E-state index contributed by atoms with van der Waals surface area (Å²) in [5.41, 5.74) is 0. The monoisotopic (exact) mass is 398 g/mol. The minimum atomic E-state index is -4.03. The van der Waals surface area contributed by atoms with E-state index in [0.29, 0.717) is 0 Å². The van der Waals surface area contributed by atoms with Crippen molar-refractivity contribution in [2.45, 2.75) is 51.5 Å². The van der Waals surface area contributed by atoms with Crippen molar-refractivity contribution in [3.05, 3.63) is 0 Å². The van der Waals surface area contributed by atoms with Gasteiger partial charge in [0.05, 0.1) is 6.26 Å². The number of hydrogen-bond donors (Lipinski definition) is 0. The molecule has 1 saturated heterocycles. The predicted octanol–water partition coefficient (Wildman–Crippen LogP) is -0.871. The lowest BCUT2D eigenvalue weighted by Crippen LogP contribution is -2.62. The van der Waals surface area contributed by atoms with Gasteiger partial charge in [0.15, 0.2) is 18.5 Å². The van der Waals surface area contributed by atoms with E-state index in [1.165, 1.54) is 7.11 Å². The van der Waals surface area contributed by atoms with Crippen LogP contribution in [0.2, 0.25) is 0 Å². The van der Waals surface area contributed by atoms with Crippen LogP contribution >= 0.6 is 0 Å². The largest absolute Gasteiger partial charge is 0.463 e. The zero-order valence-electron chi connectivity index (χ0n) is 15.0. The van der Waals surface area contributed by atoms with Crippen LogP contribution in [0.3, 0.4) is 0 Å². The van der Waals surface area contributed by atoms with E-state index in [2.05, 4.69) is 0 Å². The Morgan fingerprint density at radius 3 is 1.88 bits per heavy atom. The fraction of sp³-hybridized carbons (Fsp3) is 0.786. The van der Waals surface area contributed by atoms with Crippen molar-refractivity contribution < 1.29 is 50.7 Å². The molecule has 1 heterocycles. The maximum absolute atomic E-state index is 11.6. The van der Waals surface area contributed by atoms with Crippen molar-refractivity contribution in [2.75, 3.05) is 20.0 Å². The lowest BCUT2D eigenvalue weighted by atomic mass is 9.98. The van der Waals surface area contributed by atoms with Crippen molar-refractivity contribution in [2.24, 2.45) is 0 Å². The van der Waals surface area contributed by atoms with Gasteiger partial charge in [0.2, 0.25) is 0 Å². The molecule has 0 amide bonds. The number of hydrogen-bond acceptors (Lipinski definition) is 11. The SMILES string of the molecule is COC1OC(COC(C)=O)C(OS(C)(=O)=O)C(OC(C)=O)C1OC(C)=O. The summed E-state index contributed by atoms with van der Waals surface area (Å²) in [7, 11) is -2.79. The van der Waals surface area contributed by atoms with Gasteiger partial charge < -0.3 is 23.7 Å². The first-order chi connectivity index (χ1) is 11.9. The molecule has 150 valence electrons. The van der Waals surface area contributed by atoms with Crippen LogP contribution in [0.25, 0.3) is 0 Å². The maximum atomic E-state index is 11.6. The molecule has 5 atom stereocenters. The van der Waals surface area contributed by atoms with Crippen LogP contribution in [0.15, 0.2) is 0 Å². The van der Waals surface area contributed by atoms with Gasteiger partial charge in [-0.15, -0.1) is 0 Å². The Bertz CT molecular complexity index is 629. The van der Waals surface area contributed by atoms with E-state index in [1.807, 2.05) is 0 Å². The third-order valence-corrected chi connectivity index (χ3v) is 3.74. The molecule has 0 spiro atoms. The van der Waals surface area contributed by atoms with E-state index in [9.17, 15) is 22.8 Å². The molecule has 0 bridgehead atoms. The Balaban J connectivity index is 3.28. The van der Waals surface area contributed by atoms with E-state index in [-0.39, 0.29) is 0 Å². The first-order valence-corrected chi connectivity index (χ1v) is 9.30. The zero-order valence-corrected chi connectivity index (χ0v) is 15.8. The molecule has 0 N–H and O–H groups in total. The van der Waals surface area contributed by atoms with Crippen LogP contribution in [0, 0.1) is 0 Å². The number of esters is 3. The maximum Gasteiger partial charge on any atom is 0.303 e. The fourth-order valence-corrected chi connectivity index (χ4v) is 3.00. The van der Waals surface area contributed by atoms with Crippen LogP contribution < -0.4 is 0 Å². The molecule has 0 aromatic rings. The lowest BCUT2D eigenvalue weighted by molar-refractivity contribution is -0.296. The number of methoxy groups -OCH3 is 1. The van der Waals surface area contributed by atoms with E-state index >= 15 is 0 Å². The molecule has 0 saturated carbocycles. The summed E-state index contributed by atoms with van der Waals surface area (Å²) < 4.78 is 53.9. The normalized spacial score (nSPS) is 28.9. The third kappa shape index (κ3) is 6.86. The summed E-state index contributed by atoms with van der Waals surface area (Å²) in [5.74, 6) is -2.17. The first-order valence-electron chi connectivity index (χ1n) is 7.49. The molecule has 0 aliphatic carbocycles. The molecule has 1 aliphatic rings. The highest BCUT2D eigenvalue weighted by Gasteiger charge is 2.52. The Hall–Kier alpha value is -1.76. The van der Waals surface area contributed by atoms with Gasteiger partial charge in [0.25, 0.3) is 10.1 Å². The van der Waals surface area contributed by atoms with Gasteiger partial charge in [-0.05, 0) is 0 Å². The van der Waals surface area contributed by atoms with Gasteiger partial charge >= 0.3 is 17.9 Å². The van der Waals surface area contributed by atoms with E-state index in [4.69, 9.17) is 27.9 Å². The molecule has 11 nitrogen and oxygen atoms in total. The summed E-state index contributed by atoms with van der Waals surface area (Å²) in [5, 5.41) is 0. The second-order valence-electron chi connectivity index (χ2n) is 5.49. The zero-order chi connectivity index (χ0) is 20.1. The molecule has 0 radical (unpaired) electrons. The summed E-state index contributed by atoms with van der Waals surface area (Å²) >= 11 is 0. The molecule has 26 heavy (non-hydrogen) atoms. The van der Waals surface area contributed by atoms with E-state index in [1.54, 1.807) is 0 Å². The molecule has 12 heteroatoms. The van der Waals surface area contributed by atoms with Crippen LogP contribution in [-0.2, 0) is 52.4 Å². The van der Waals surface area contributed by atoms with E-state index in [0.717, 1.165) is 27.0 Å². The minimum Gasteiger partial charge on any atom is -0.463 e. The average Bonchev–Trinajstić information content (AvgIpc) is 2.47. The number of carbonyl (C=O) groups is 3.